The molecule has 102 valence electrons. The van der Waals surface area contributed by atoms with Gasteiger partial charge in [-0.15, -0.1) is 0 Å². The smallest absolute Gasteiger partial charge is 0.240 e. The fraction of sp³-hybridized carbons (Fsp3) is 0.538. The lowest BCUT2D eigenvalue weighted by Crippen LogP contribution is -2.30. The third-order valence-corrected chi connectivity index (χ3v) is 4.31. The van der Waals surface area contributed by atoms with Gasteiger partial charge in [0.1, 0.15) is 0 Å². The molecule has 0 aliphatic rings. The largest absolute Gasteiger partial charge is 0.314 e. The van der Waals surface area contributed by atoms with Crippen LogP contribution in [0.25, 0.3) is 0 Å². The van der Waals surface area contributed by atoms with E-state index in [0.717, 1.165) is 18.5 Å². The van der Waals surface area contributed by atoms with E-state index in [9.17, 15) is 8.42 Å². The monoisotopic (exact) mass is 270 g/mol. The van der Waals surface area contributed by atoms with Gasteiger partial charge in [-0.1, -0.05) is 25.1 Å². The van der Waals surface area contributed by atoms with Crippen molar-refractivity contribution in [2.24, 2.45) is 0 Å². The summed E-state index contributed by atoms with van der Waals surface area (Å²) < 4.78 is 26.1. The number of nitrogens with one attached hydrogen (secondary N) is 2. The van der Waals surface area contributed by atoms with Crippen LogP contribution in [-0.2, 0) is 16.4 Å². The maximum Gasteiger partial charge on any atom is 0.240 e. The van der Waals surface area contributed by atoms with Gasteiger partial charge >= 0.3 is 0 Å². The molecule has 0 aliphatic heterocycles. The Morgan fingerprint density at radius 3 is 2.56 bits per heavy atom. The van der Waals surface area contributed by atoms with E-state index in [1.54, 1.807) is 12.1 Å². The van der Waals surface area contributed by atoms with Gasteiger partial charge in [0.2, 0.25) is 10.0 Å². The van der Waals surface area contributed by atoms with Crippen LogP contribution < -0.4 is 10.0 Å². The van der Waals surface area contributed by atoms with Gasteiger partial charge in [-0.3, -0.25) is 0 Å². The number of hydrogen-bond donors (Lipinski definition) is 2. The molecule has 0 saturated carbocycles. The zero-order valence-electron chi connectivity index (χ0n) is 11.2. The Labute approximate surface area is 110 Å². The molecule has 18 heavy (non-hydrogen) atoms. The third-order valence-electron chi connectivity index (χ3n) is 2.80. The summed E-state index contributed by atoms with van der Waals surface area (Å²) in [7, 11) is -1.94. The second-order valence-electron chi connectivity index (χ2n) is 4.37. The molecule has 1 rings (SSSR count). The van der Waals surface area contributed by atoms with Gasteiger partial charge in [0, 0.05) is 6.04 Å². The van der Waals surface area contributed by atoms with Crippen LogP contribution in [0.1, 0.15) is 25.8 Å². The Bertz CT molecular complexity index is 472. The summed E-state index contributed by atoms with van der Waals surface area (Å²) >= 11 is 0. The molecule has 2 N–H and O–H groups in total. The molecule has 0 radical (unpaired) electrons. The highest BCUT2D eigenvalue weighted by Crippen LogP contribution is 2.16. The molecule has 0 saturated heterocycles. The summed E-state index contributed by atoms with van der Waals surface area (Å²) in [5.74, 6) is 0. The number of sulfonamides is 1. The highest BCUT2D eigenvalue weighted by molar-refractivity contribution is 7.89. The van der Waals surface area contributed by atoms with Crippen molar-refractivity contribution in [3.8, 4) is 0 Å². The summed E-state index contributed by atoms with van der Waals surface area (Å²) in [5, 5.41) is 3.36. The van der Waals surface area contributed by atoms with E-state index in [0.29, 0.717) is 11.3 Å². The summed E-state index contributed by atoms with van der Waals surface area (Å²) in [6.07, 6.45) is 1.78. The van der Waals surface area contributed by atoms with Gasteiger partial charge in [-0.25, -0.2) is 13.1 Å². The molecule has 0 aliphatic carbocycles. The first-order valence-corrected chi connectivity index (χ1v) is 7.74. The summed E-state index contributed by atoms with van der Waals surface area (Å²) in [6.45, 7) is 5.12. The molecule has 1 atom stereocenters. The fourth-order valence-corrected chi connectivity index (χ4v) is 2.81. The van der Waals surface area contributed by atoms with Gasteiger partial charge < -0.3 is 5.32 Å². The van der Waals surface area contributed by atoms with Crippen molar-refractivity contribution in [3.63, 3.8) is 0 Å². The minimum atomic E-state index is -3.37. The standard InChI is InChI=1S/C13H22N2O2S/c1-4-9-15-11(2)10-12-7-5-6-8-13(12)18(16,17)14-3/h5-8,11,14-15H,4,9-10H2,1-3H3. The lowest BCUT2D eigenvalue weighted by atomic mass is 10.1. The molecular formula is C13H22N2O2S. The van der Waals surface area contributed by atoms with E-state index in [1.165, 1.54) is 7.05 Å². The quantitative estimate of drug-likeness (QED) is 0.790. The van der Waals surface area contributed by atoms with Crippen molar-refractivity contribution in [3.05, 3.63) is 29.8 Å². The molecule has 0 amide bonds. The molecule has 5 heteroatoms. The predicted molar refractivity (Wildman–Crippen MR) is 74.1 cm³/mol. The van der Waals surface area contributed by atoms with Crippen molar-refractivity contribution < 1.29 is 8.42 Å². The number of hydrogen-bond acceptors (Lipinski definition) is 3. The molecule has 0 bridgehead atoms. The van der Waals surface area contributed by atoms with E-state index in [-0.39, 0.29) is 6.04 Å². The predicted octanol–water partition coefficient (Wildman–Crippen LogP) is 1.53. The van der Waals surface area contributed by atoms with Crippen LogP contribution in [0, 0.1) is 0 Å². The van der Waals surface area contributed by atoms with Gasteiger partial charge in [0.05, 0.1) is 4.90 Å². The molecule has 0 fully saturated rings. The Morgan fingerprint density at radius 1 is 1.28 bits per heavy atom. The minimum absolute atomic E-state index is 0.262. The van der Waals surface area contributed by atoms with Gasteiger partial charge in [-0.05, 0) is 45.0 Å². The molecule has 1 unspecified atom stereocenters. The van der Waals surface area contributed by atoms with E-state index in [4.69, 9.17) is 0 Å². The molecule has 1 aromatic carbocycles. The van der Waals surface area contributed by atoms with Crippen LogP contribution in [0.5, 0.6) is 0 Å². The topological polar surface area (TPSA) is 58.2 Å². The van der Waals surface area contributed by atoms with Crippen molar-refractivity contribution in [2.45, 2.75) is 37.6 Å². The summed E-state index contributed by atoms with van der Waals surface area (Å²) in [5.41, 5.74) is 0.850. The van der Waals surface area contributed by atoms with Gasteiger partial charge in [0.15, 0.2) is 0 Å². The van der Waals surface area contributed by atoms with Crippen LogP contribution in [0.3, 0.4) is 0 Å². The van der Waals surface area contributed by atoms with Crippen LogP contribution >= 0.6 is 0 Å². The lowest BCUT2D eigenvalue weighted by molar-refractivity contribution is 0.538. The average Bonchev–Trinajstić information content (AvgIpc) is 2.37. The zero-order chi connectivity index (χ0) is 13.6. The average molecular weight is 270 g/mol. The Hall–Kier alpha value is -0.910. The first kappa shape index (κ1) is 15.1. The van der Waals surface area contributed by atoms with Crippen LogP contribution in [-0.4, -0.2) is 28.1 Å². The Morgan fingerprint density at radius 2 is 1.94 bits per heavy atom. The SMILES string of the molecule is CCCNC(C)Cc1ccccc1S(=O)(=O)NC. The van der Waals surface area contributed by atoms with Crippen molar-refractivity contribution in [1.82, 2.24) is 10.0 Å². The molecule has 0 heterocycles. The maximum absolute atomic E-state index is 11.9. The van der Waals surface area contributed by atoms with Crippen molar-refractivity contribution in [1.29, 1.82) is 0 Å². The third kappa shape index (κ3) is 4.08. The fourth-order valence-electron chi connectivity index (χ4n) is 1.84. The van der Waals surface area contributed by atoms with Crippen molar-refractivity contribution in [2.75, 3.05) is 13.6 Å². The molecular weight excluding hydrogens is 248 g/mol. The molecule has 0 aromatic heterocycles. The first-order valence-electron chi connectivity index (χ1n) is 6.26. The lowest BCUT2D eigenvalue weighted by Gasteiger charge is -2.15. The van der Waals surface area contributed by atoms with Gasteiger partial charge in [-0.2, -0.15) is 0 Å². The van der Waals surface area contributed by atoms with E-state index in [2.05, 4.69) is 23.9 Å². The van der Waals surface area contributed by atoms with E-state index < -0.39 is 10.0 Å². The first-order chi connectivity index (χ1) is 8.51. The van der Waals surface area contributed by atoms with Crippen LogP contribution in [0.4, 0.5) is 0 Å². The highest BCUT2D eigenvalue weighted by atomic mass is 32.2. The van der Waals surface area contributed by atoms with E-state index in [1.807, 2.05) is 12.1 Å². The summed E-state index contributed by atoms with van der Waals surface area (Å²) in [4.78, 5) is 0.373. The number of rotatable bonds is 7. The minimum Gasteiger partial charge on any atom is -0.314 e. The molecule has 1 aromatic rings. The van der Waals surface area contributed by atoms with E-state index >= 15 is 0 Å². The molecule has 4 nitrogen and oxygen atoms in total. The summed E-state index contributed by atoms with van der Waals surface area (Å²) in [6, 6.07) is 7.40. The highest BCUT2D eigenvalue weighted by Gasteiger charge is 2.16. The Kier molecular flexibility index (Phi) is 5.78. The van der Waals surface area contributed by atoms with Crippen LogP contribution in [0.2, 0.25) is 0 Å². The van der Waals surface area contributed by atoms with Gasteiger partial charge in [0.25, 0.3) is 0 Å². The second-order valence-corrected chi connectivity index (χ2v) is 6.23. The molecule has 0 spiro atoms. The maximum atomic E-state index is 11.9. The van der Waals surface area contributed by atoms with Crippen molar-refractivity contribution >= 4 is 10.0 Å². The normalized spacial score (nSPS) is 13.5. The zero-order valence-corrected chi connectivity index (χ0v) is 12.0. The number of benzene rings is 1. The Balaban J connectivity index is 2.90. The second kappa shape index (κ2) is 6.87. The van der Waals surface area contributed by atoms with Crippen LogP contribution in [0.15, 0.2) is 29.2 Å².